The normalized spacial score (nSPS) is 10.8. The van der Waals surface area contributed by atoms with Crippen LogP contribution in [0.25, 0.3) is 16.2 Å². The smallest absolute Gasteiger partial charge is 0.250 e. The molecule has 0 unspecified atom stereocenters. The van der Waals surface area contributed by atoms with Crippen molar-refractivity contribution in [3.8, 4) is 11.3 Å². The van der Waals surface area contributed by atoms with Crippen molar-refractivity contribution in [1.29, 1.82) is 0 Å². The van der Waals surface area contributed by atoms with Crippen molar-refractivity contribution in [3.63, 3.8) is 0 Å². The Morgan fingerprint density at radius 1 is 1.04 bits per heavy atom. The van der Waals surface area contributed by atoms with Crippen LogP contribution in [0.3, 0.4) is 0 Å². The summed E-state index contributed by atoms with van der Waals surface area (Å²) in [5.74, 6) is 0.209. The van der Waals surface area contributed by atoms with Gasteiger partial charge in [0.2, 0.25) is 16.8 Å². The molecule has 2 aromatic heterocycles. The SMILES string of the molecule is O=C(Cc1ccccc1)Nc1nc2scc(-c3ccccc3)n2n1. The minimum atomic E-state index is -0.124. The van der Waals surface area contributed by atoms with Crippen LogP contribution in [-0.4, -0.2) is 20.5 Å². The summed E-state index contributed by atoms with van der Waals surface area (Å²) in [6.07, 6.45) is 0.305. The van der Waals surface area contributed by atoms with Crippen LogP contribution in [0.2, 0.25) is 0 Å². The van der Waals surface area contributed by atoms with Crippen LogP contribution in [0.4, 0.5) is 5.95 Å². The summed E-state index contributed by atoms with van der Waals surface area (Å²) in [6, 6.07) is 19.6. The molecule has 6 heteroatoms. The second-order valence-corrected chi connectivity index (χ2v) is 6.16. The Hall–Kier alpha value is -2.99. The lowest BCUT2D eigenvalue weighted by Gasteiger charge is -2.01. The Morgan fingerprint density at radius 3 is 2.50 bits per heavy atom. The molecule has 0 atom stereocenters. The van der Waals surface area contributed by atoms with Gasteiger partial charge in [-0.25, -0.2) is 4.52 Å². The zero-order chi connectivity index (χ0) is 16.4. The van der Waals surface area contributed by atoms with Crippen molar-refractivity contribution in [2.45, 2.75) is 6.42 Å². The molecule has 5 nitrogen and oxygen atoms in total. The van der Waals surface area contributed by atoms with Gasteiger partial charge in [-0.1, -0.05) is 60.7 Å². The van der Waals surface area contributed by atoms with Crippen molar-refractivity contribution >= 4 is 28.2 Å². The van der Waals surface area contributed by atoms with E-state index in [2.05, 4.69) is 15.4 Å². The van der Waals surface area contributed by atoms with E-state index in [1.54, 1.807) is 4.52 Å². The fraction of sp³-hybridized carbons (Fsp3) is 0.0556. The van der Waals surface area contributed by atoms with Gasteiger partial charge in [-0.3, -0.25) is 10.1 Å². The molecule has 0 fully saturated rings. The summed E-state index contributed by atoms with van der Waals surface area (Å²) in [7, 11) is 0. The predicted octanol–water partition coefficient (Wildman–Crippen LogP) is 3.64. The van der Waals surface area contributed by atoms with Gasteiger partial charge in [0.15, 0.2) is 0 Å². The molecule has 4 aromatic rings. The van der Waals surface area contributed by atoms with E-state index < -0.39 is 0 Å². The number of anilines is 1. The first-order valence-corrected chi connectivity index (χ1v) is 8.41. The summed E-state index contributed by atoms with van der Waals surface area (Å²) >= 11 is 1.50. The molecule has 2 heterocycles. The highest BCUT2D eigenvalue weighted by atomic mass is 32.1. The number of nitrogens with one attached hydrogen (secondary N) is 1. The lowest BCUT2D eigenvalue weighted by atomic mass is 10.1. The fourth-order valence-electron chi connectivity index (χ4n) is 2.49. The molecule has 0 bridgehead atoms. The fourth-order valence-corrected chi connectivity index (χ4v) is 3.32. The molecule has 4 rings (SSSR count). The van der Waals surface area contributed by atoms with Crippen molar-refractivity contribution in [1.82, 2.24) is 14.6 Å². The van der Waals surface area contributed by atoms with Gasteiger partial charge < -0.3 is 0 Å². The summed E-state index contributed by atoms with van der Waals surface area (Å²) in [6.45, 7) is 0. The minimum absolute atomic E-state index is 0.124. The zero-order valence-corrected chi connectivity index (χ0v) is 13.5. The highest BCUT2D eigenvalue weighted by molar-refractivity contribution is 7.15. The average Bonchev–Trinajstić information content (AvgIpc) is 3.16. The number of carbonyl (C=O) groups is 1. The van der Waals surface area contributed by atoms with E-state index in [9.17, 15) is 4.79 Å². The average molecular weight is 334 g/mol. The Balaban J connectivity index is 1.55. The Labute approximate surface area is 142 Å². The maximum atomic E-state index is 12.1. The lowest BCUT2D eigenvalue weighted by molar-refractivity contribution is -0.115. The first-order valence-electron chi connectivity index (χ1n) is 7.53. The molecule has 0 saturated heterocycles. The van der Waals surface area contributed by atoms with Crippen molar-refractivity contribution in [2.24, 2.45) is 0 Å². The maximum Gasteiger partial charge on any atom is 0.250 e. The standard InChI is InChI=1S/C18H14N4OS/c23-16(11-13-7-3-1-4-8-13)19-17-20-18-22(21-17)15(12-24-18)14-9-5-2-6-10-14/h1-10,12H,11H2,(H,19,21,23). The molecule has 2 aromatic carbocycles. The van der Waals surface area contributed by atoms with Gasteiger partial charge in [0, 0.05) is 10.9 Å². The molecule has 0 aliphatic carbocycles. The summed E-state index contributed by atoms with van der Waals surface area (Å²) in [5, 5.41) is 9.20. The van der Waals surface area contributed by atoms with Crippen LogP contribution >= 0.6 is 11.3 Å². The second kappa shape index (κ2) is 6.25. The second-order valence-electron chi connectivity index (χ2n) is 5.33. The Kier molecular flexibility index (Phi) is 3.80. The molecule has 24 heavy (non-hydrogen) atoms. The summed E-state index contributed by atoms with van der Waals surface area (Å²) in [5.41, 5.74) is 2.99. The molecule has 0 saturated carbocycles. The van der Waals surface area contributed by atoms with Crippen LogP contribution in [0.15, 0.2) is 66.0 Å². The Bertz CT molecular complexity index is 976. The Morgan fingerprint density at radius 2 is 1.75 bits per heavy atom. The van der Waals surface area contributed by atoms with Crippen LogP contribution in [-0.2, 0) is 11.2 Å². The zero-order valence-electron chi connectivity index (χ0n) is 12.7. The third kappa shape index (κ3) is 2.91. The third-order valence-corrected chi connectivity index (χ3v) is 4.43. The highest BCUT2D eigenvalue weighted by Crippen LogP contribution is 2.25. The van der Waals surface area contributed by atoms with E-state index in [0.717, 1.165) is 21.8 Å². The quantitative estimate of drug-likeness (QED) is 0.620. The van der Waals surface area contributed by atoms with E-state index in [1.165, 1.54) is 11.3 Å². The monoisotopic (exact) mass is 334 g/mol. The molecule has 118 valence electrons. The summed E-state index contributed by atoms with van der Waals surface area (Å²) in [4.78, 5) is 17.3. The molecule has 0 radical (unpaired) electrons. The van der Waals surface area contributed by atoms with Gasteiger partial charge in [-0.2, -0.15) is 4.98 Å². The van der Waals surface area contributed by atoms with Gasteiger partial charge in [0.1, 0.15) is 0 Å². The highest BCUT2D eigenvalue weighted by Gasteiger charge is 2.13. The van der Waals surface area contributed by atoms with Gasteiger partial charge in [0.05, 0.1) is 12.1 Å². The van der Waals surface area contributed by atoms with E-state index in [0.29, 0.717) is 12.4 Å². The number of benzene rings is 2. The lowest BCUT2D eigenvalue weighted by Crippen LogP contribution is -2.15. The largest absolute Gasteiger partial charge is 0.293 e. The molecular formula is C18H14N4OS. The maximum absolute atomic E-state index is 12.1. The third-order valence-electron chi connectivity index (χ3n) is 3.61. The first kappa shape index (κ1) is 14.6. The number of hydrogen-bond acceptors (Lipinski definition) is 4. The number of aromatic nitrogens is 3. The van der Waals surface area contributed by atoms with Crippen LogP contribution < -0.4 is 5.32 Å². The number of nitrogens with zero attached hydrogens (tertiary/aromatic N) is 3. The number of fused-ring (bicyclic) bond motifs is 1. The van der Waals surface area contributed by atoms with Gasteiger partial charge in [0.25, 0.3) is 0 Å². The minimum Gasteiger partial charge on any atom is -0.293 e. The molecule has 0 aliphatic heterocycles. The first-order chi connectivity index (χ1) is 11.8. The van der Waals surface area contributed by atoms with Crippen LogP contribution in [0, 0.1) is 0 Å². The van der Waals surface area contributed by atoms with Crippen molar-refractivity contribution < 1.29 is 4.79 Å². The number of thiazole rings is 1. The van der Waals surface area contributed by atoms with Gasteiger partial charge in [-0.05, 0) is 5.56 Å². The van der Waals surface area contributed by atoms with E-state index >= 15 is 0 Å². The molecule has 1 amide bonds. The van der Waals surface area contributed by atoms with Crippen molar-refractivity contribution in [3.05, 3.63) is 71.6 Å². The molecule has 0 aliphatic rings. The van der Waals surface area contributed by atoms with Crippen molar-refractivity contribution in [2.75, 3.05) is 5.32 Å². The van der Waals surface area contributed by atoms with E-state index in [-0.39, 0.29) is 5.91 Å². The van der Waals surface area contributed by atoms with E-state index in [1.807, 2.05) is 66.0 Å². The number of amides is 1. The molecular weight excluding hydrogens is 320 g/mol. The van der Waals surface area contributed by atoms with Gasteiger partial charge in [-0.15, -0.1) is 16.4 Å². The number of carbonyl (C=O) groups excluding carboxylic acids is 1. The topological polar surface area (TPSA) is 59.3 Å². The van der Waals surface area contributed by atoms with Crippen LogP contribution in [0.5, 0.6) is 0 Å². The molecule has 1 N–H and O–H groups in total. The van der Waals surface area contributed by atoms with Gasteiger partial charge >= 0.3 is 0 Å². The molecule has 0 spiro atoms. The van der Waals surface area contributed by atoms with E-state index in [4.69, 9.17) is 0 Å². The summed E-state index contributed by atoms with van der Waals surface area (Å²) < 4.78 is 1.76. The predicted molar refractivity (Wildman–Crippen MR) is 95.1 cm³/mol. The number of hydrogen-bond donors (Lipinski definition) is 1. The van der Waals surface area contributed by atoms with Crippen LogP contribution in [0.1, 0.15) is 5.56 Å². The number of rotatable bonds is 4.